The SMILES string of the molecule is C=Nc1ccccc1-c1ccc(C)cc1. The molecule has 1 nitrogen and oxygen atoms in total. The summed E-state index contributed by atoms with van der Waals surface area (Å²) in [6, 6.07) is 16.5. The lowest BCUT2D eigenvalue weighted by Gasteiger charge is -2.05. The van der Waals surface area contributed by atoms with E-state index < -0.39 is 0 Å². The van der Waals surface area contributed by atoms with Crippen molar-refractivity contribution in [3.05, 3.63) is 54.1 Å². The summed E-state index contributed by atoms with van der Waals surface area (Å²) in [5.74, 6) is 0. The highest BCUT2D eigenvalue weighted by atomic mass is 14.7. The van der Waals surface area contributed by atoms with E-state index in [4.69, 9.17) is 0 Å². The van der Waals surface area contributed by atoms with Gasteiger partial charge in [-0.1, -0.05) is 48.0 Å². The molecule has 0 spiro atoms. The highest BCUT2D eigenvalue weighted by Crippen LogP contribution is 2.29. The van der Waals surface area contributed by atoms with E-state index in [9.17, 15) is 0 Å². The van der Waals surface area contributed by atoms with E-state index in [1.807, 2.05) is 18.2 Å². The largest absolute Gasteiger partial charge is 0.264 e. The van der Waals surface area contributed by atoms with Gasteiger partial charge in [-0.25, -0.2) is 0 Å². The molecule has 0 fully saturated rings. The Morgan fingerprint density at radius 3 is 2.27 bits per heavy atom. The van der Waals surface area contributed by atoms with Crippen molar-refractivity contribution >= 4 is 12.4 Å². The zero-order valence-electron chi connectivity index (χ0n) is 8.77. The van der Waals surface area contributed by atoms with Crippen LogP contribution in [0.3, 0.4) is 0 Å². The molecule has 0 unspecified atom stereocenters. The quantitative estimate of drug-likeness (QED) is 0.642. The molecule has 2 aromatic rings. The third kappa shape index (κ3) is 1.96. The Kier molecular flexibility index (Phi) is 2.64. The molecule has 0 aliphatic rings. The van der Waals surface area contributed by atoms with E-state index in [1.165, 1.54) is 11.1 Å². The molecule has 0 saturated carbocycles. The highest BCUT2D eigenvalue weighted by Gasteiger charge is 2.01. The summed E-state index contributed by atoms with van der Waals surface area (Å²) in [5, 5.41) is 0. The fourth-order valence-electron chi connectivity index (χ4n) is 1.59. The maximum atomic E-state index is 4.02. The van der Waals surface area contributed by atoms with Crippen LogP contribution in [0.15, 0.2) is 53.5 Å². The van der Waals surface area contributed by atoms with Crippen LogP contribution in [0, 0.1) is 6.92 Å². The Morgan fingerprint density at radius 2 is 1.60 bits per heavy atom. The second-order valence-electron chi connectivity index (χ2n) is 3.54. The number of hydrogen-bond donors (Lipinski definition) is 0. The first-order valence-corrected chi connectivity index (χ1v) is 4.94. The Morgan fingerprint density at radius 1 is 0.933 bits per heavy atom. The zero-order valence-corrected chi connectivity index (χ0v) is 8.77. The van der Waals surface area contributed by atoms with Gasteiger partial charge in [0.15, 0.2) is 0 Å². The van der Waals surface area contributed by atoms with Gasteiger partial charge < -0.3 is 0 Å². The fourth-order valence-corrected chi connectivity index (χ4v) is 1.59. The van der Waals surface area contributed by atoms with Crippen molar-refractivity contribution in [3.63, 3.8) is 0 Å². The van der Waals surface area contributed by atoms with Crippen LogP contribution in [0.4, 0.5) is 5.69 Å². The van der Waals surface area contributed by atoms with Crippen molar-refractivity contribution in [1.29, 1.82) is 0 Å². The van der Waals surface area contributed by atoms with Crippen LogP contribution >= 0.6 is 0 Å². The van der Waals surface area contributed by atoms with Crippen LogP contribution in [0.2, 0.25) is 0 Å². The maximum Gasteiger partial charge on any atom is 0.0700 e. The van der Waals surface area contributed by atoms with Crippen molar-refractivity contribution in [3.8, 4) is 11.1 Å². The average Bonchev–Trinajstić information content (AvgIpc) is 2.30. The van der Waals surface area contributed by atoms with Crippen molar-refractivity contribution in [2.45, 2.75) is 6.92 Å². The Labute approximate surface area is 90.1 Å². The fraction of sp³-hybridized carbons (Fsp3) is 0.0714. The van der Waals surface area contributed by atoms with Gasteiger partial charge in [0.25, 0.3) is 0 Å². The molecule has 0 amide bonds. The van der Waals surface area contributed by atoms with Crippen molar-refractivity contribution in [2.24, 2.45) is 4.99 Å². The first-order valence-electron chi connectivity index (χ1n) is 4.94. The topological polar surface area (TPSA) is 12.4 Å². The van der Waals surface area contributed by atoms with Crippen LogP contribution in [-0.2, 0) is 0 Å². The third-order valence-electron chi connectivity index (χ3n) is 2.44. The van der Waals surface area contributed by atoms with Gasteiger partial charge in [0.2, 0.25) is 0 Å². The molecule has 0 aliphatic carbocycles. The smallest absolute Gasteiger partial charge is 0.0700 e. The summed E-state index contributed by atoms with van der Waals surface area (Å²) in [6.07, 6.45) is 0. The number of aliphatic imine (C=N–C) groups is 1. The maximum absolute atomic E-state index is 4.02. The number of hydrogen-bond acceptors (Lipinski definition) is 1. The number of nitrogens with zero attached hydrogens (tertiary/aromatic N) is 1. The van der Waals surface area contributed by atoms with E-state index in [0.29, 0.717) is 0 Å². The summed E-state index contributed by atoms with van der Waals surface area (Å²) < 4.78 is 0. The van der Waals surface area contributed by atoms with Gasteiger partial charge in [-0.05, 0) is 25.3 Å². The second-order valence-corrected chi connectivity index (χ2v) is 3.54. The lowest BCUT2D eigenvalue weighted by atomic mass is 10.0. The van der Waals surface area contributed by atoms with E-state index in [1.54, 1.807) is 0 Å². The van der Waals surface area contributed by atoms with Gasteiger partial charge in [0.05, 0.1) is 5.69 Å². The lowest BCUT2D eigenvalue weighted by Crippen LogP contribution is -1.79. The first kappa shape index (κ1) is 9.66. The van der Waals surface area contributed by atoms with Gasteiger partial charge >= 0.3 is 0 Å². The molecule has 0 aromatic heterocycles. The summed E-state index contributed by atoms with van der Waals surface area (Å²) in [5.41, 5.74) is 4.51. The first-order chi connectivity index (χ1) is 7.31. The number of benzene rings is 2. The molecule has 0 saturated heterocycles. The molecule has 0 heterocycles. The van der Waals surface area contributed by atoms with Crippen LogP contribution in [-0.4, -0.2) is 6.72 Å². The molecular weight excluding hydrogens is 182 g/mol. The molecule has 0 bridgehead atoms. The van der Waals surface area contributed by atoms with Crippen LogP contribution in [0.1, 0.15) is 5.56 Å². The minimum Gasteiger partial charge on any atom is -0.264 e. The molecule has 0 atom stereocenters. The van der Waals surface area contributed by atoms with Gasteiger partial charge in [-0.15, -0.1) is 0 Å². The minimum absolute atomic E-state index is 0.932. The summed E-state index contributed by atoms with van der Waals surface area (Å²) in [6.45, 7) is 5.67. The summed E-state index contributed by atoms with van der Waals surface area (Å²) in [7, 11) is 0. The van der Waals surface area contributed by atoms with Gasteiger partial charge in [0, 0.05) is 5.56 Å². The number of para-hydroxylation sites is 1. The van der Waals surface area contributed by atoms with Crippen LogP contribution in [0.25, 0.3) is 11.1 Å². The number of aryl methyl sites for hydroxylation is 1. The zero-order chi connectivity index (χ0) is 10.7. The van der Waals surface area contributed by atoms with Gasteiger partial charge in [0.1, 0.15) is 0 Å². The second kappa shape index (κ2) is 4.09. The van der Waals surface area contributed by atoms with Crippen LogP contribution in [0.5, 0.6) is 0 Å². The molecule has 2 rings (SSSR count). The predicted molar refractivity (Wildman–Crippen MR) is 65.8 cm³/mol. The highest BCUT2D eigenvalue weighted by molar-refractivity contribution is 5.76. The van der Waals surface area contributed by atoms with Crippen molar-refractivity contribution < 1.29 is 0 Å². The number of rotatable bonds is 2. The average molecular weight is 195 g/mol. The molecular formula is C14H13N. The molecule has 1 heteroatoms. The predicted octanol–water partition coefficient (Wildman–Crippen LogP) is 3.99. The van der Waals surface area contributed by atoms with Gasteiger partial charge in [-0.3, -0.25) is 4.99 Å². The standard InChI is InChI=1S/C14H13N/c1-11-7-9-12(10-8-11)13-5-3-4-6-14(13)15-2/h3-10H,2H2,1H3. The Bertz CT molecular complexity index is 469. The minimum atomic E-state index is 0.932. The van der Waals surface area contributed by atoms with Gasteiger partial charge in [-0.2, -0.15) is 0 Å². The van der Waals surface area contributed by atoms with Crippen LogP contribution < -0.4 is 0 Å². The van der Waals surface area contributed by atoms with Crippen molar-refractivity contribution in [2.75, 3.05) is 0 Å². The molecule has 15 heavy (non-hydrogen) atoms. The monoisotopic (exact) mass is 195 g/mol. The molecule has 0 radical (unpaired) electrons. The van der Waals surface area contributed by atoms with E-state index in [2.05, 4.69) is 49.0 Å². The van der Waals surface area contributed by atoms with E-state index >= 15 is 0 Å². The molecule has 0 N–H and O–H groups in total. The van der Waals surface area contributed by atoms with Crippen molar-refractivity contribution in [1.82, 2.24) is 0 Å². The molecule has 2 aromatic carbocycles. The molecule has 0 aliphatic heterocycles. The third-order valence-corrected chi connectivity index (χ3v) is 2.44. The normalized spacial score (nSPS) is 9.93. The summed E-state index contributed by atoms with van der Waals surface area (Å²) in [4.78, 5) is 4.02. The van der Waals surface area contributed by atoms with E-state index in [0.717, 1.165) is 11.3 Å². The molecule has 74 valence electrons. The lowest BCUT2D eigenvalue weighted by molar-refractivity contribution is 1.46. The Hall–Kier alpha value is -1.89. The Balaban J connectivity index is 2.53. The summed E-state index contributed by atoms with van der Waals surface area (Å²) >= 11 is 0. The van der Waals surface area contributed by atoms with E-state index in [-0.39, 0.29) is 0 Å².